The van der Waals surface area contributed by atoms with Gasteiger partial charge in [-0.15, -0.1) is 12.3 Å². The molecular weight excluding hydrogens is 270 g/mol. The Bertz CT molecular complexity index is 560. The van der Waals surface area contributed by atoms with Crippen LogP contribution in [0, 0.1) is 26.2 Å². The van der Waals surface area contributed by atoms with Crippen molar-refractivity contribution in [2.45, 2.75) is 32.7 Å². The highest BCUT2D eigenvalue weighted by molar-refractivity contribution is 5.83. The average Bonchev–Trinajstić information content (AvgIpc) is 2.43. The number of rotatable bonds is 7. The summed E-state index contributed by atoms with van der Waals surface area (Å²) in [5.41, 5.74) is 2.13. The number of carbonyl (C=O) groups is 2. The van der Waals surface area contributed by atoms with Gasteiger partial charge in [0, 0.05) is 6.42 Å². The van der Waals surface area contributed by atoms with Crippen LogP contribution in [0.15, 0.2) is 18.2 Å². The van der Waals surface area contributed by atoms with Crippen LogP contribution >= 0.6 is 0 Å². The fourth-order valence-electron chi connectivity index (χ4n) is 1.72. The van der Waals surface area contributed by atoms with E-state index < -0.39 is 17.9 Å². The Labute approximate surface area is 124 Å². The molecular formula is C16H19NO4. The van der Waals surface area contributed by atoms with Crippen molar-refractivity contribution in [3.8, 4) is 18.1 Å². The lowest BCUT2D eigenvalue weighted by molar-refractivity contribution is -0.141. The molecule has 0 aliphatic heterocycles. The number of benzene rings is 1. The normalized spacial score (nSPS) is 11.3. The Morgan fingerprint density at radius 3 is 2.76 bits per heavy atom. The Morgan fingerprint density at radius 1 is 1.43 bits per heavy atom. The maximum Gasteiger partial charge on any atom is 0.327 e. The predicted octanol–water partition coefficient (Wildman–Crippen LogP) is 1.67. The van der Waals surface area contributed by atoms with Crippen molar-refractivity contribution in [3.05, 3.63) is 29.3 Å². The van der Waals surface area contributed by atoms with Gasteiger partial charge in [-0.25, -0.2) is 4.79 Å². The second kappa shape index (κ2) is 7.95. The highest BCUT2D eigenvalue weighted by Crippen LogP contribution is 2.20. The van der Waals surface area contributed by atoms with Gasteiger partial charge in [0.05, 0.1) is 13.0 Å². The Morgan fingerprint density at radius 2 is 2.14 bits per heavy atom. The minimum atomic E-state index is -1.14. The van der Waals surface area contributed by atoms with Crippen molar-refractivity contribution in [1.82, 2.24) is 5.32 Å². The maximum atomic E-state index is 11.7. The van der Waals surface area contributed by atoms with Crippen LogP contribution in [-0.2, 0) is 9.59 Å². The maximum absolute atomic E-state index is 11.7. The molecule has 0 heterocycles. The summed E-state index contributed by atoms with van der Waals surface area (Å²) in [7, 11) is 0. The average molecular weight is 289 g/mol. The van der Waals surface area contributed by atoms with E-state index in [2.05, 4.69) is 11.2 Å². The van der Waals surface area contributed by atoms with Gasteiger partial charge >= 0.3 is 5.97 Å². The first kappa shape index (κ1) is 16.6. The van der Waals surface area contributed by atoms with Gasteiger partial charge in [0.1, 0.15) is 11.8 Å². The van der Waals surface area contributed by atoms with Gasteiger partial charge in [0.2, 0.25) is 5.91 Å². The fraction of sp³-hybridized carbons (Fsp3) is 0.375. The predicted molar refractivity (Wildman–Crippen MR) is 79.0 cm³/mol. The molecule has 5 heteroatoms. The van der Waals surface area contributed by atoms with Crippen LogP contribution in [0.2, 0.25) is 0 Å². The number of hydrogen-bond acceptors (Lipinski definition) is 3. The number of carboxylic acids is 1. The first-order valence-corrected chi connectivity index (χ1v) is 6.60. The number of amides is 1. The molecule has 0 aliphatic rings. The highest BCUT2D eigenvalue weighted by atomic mass is 16.5. The summed E-state index contributed by atoms with van der Waals surface area (Å²) in [6.45, 7) is 4.10. The lowest BCUT2D eigenvalue weighted by atomic mass is 10.1. The zero-order valence-electron chi connectivity index (χ0n) is 12.2. The van der Waals surface area contributed by atoms with Gasteiger partial charge in [-0.05, 0) is 31.0 Å². The molecule has 0 bridgehead atoms. The molecule has 1 aromatic carbocycles. The molecule has 0 saturated carbocycles. The van der Waals surface area contributed by atoms with Crippen LogP contribution in [0.1, 0.15) is 24.0 Å². The van der Waals surface area contributed by atoms with E-state index in [1.807, 2.05) is 32.0 Å². The summed E-state index contributed by atoms with van der Waals surface area (Å²) in [4.78, 5) is 22.5. The molecule has 2 N–H and O–H groups in total. The Kier molecular flexibility index (Phi) is 6.28. The van der Waals surface area contributed by atoms with Crippen LogP contribution in [0.5, 0.6) is 5.75 Å². The third kappa shape index (κ3) is 5.19. The number of aliphatic carboxylic acids is 1. The van der Waals surface area contributed by atoms with Gasteiger partial charge in [-0.2, -0.15) is 0 Å². The van der Waals surface area contributed by atoms with Crippen molar-refractivity contribution in [3.63, 3.8) is 0 Å². The van der Waals surface area contributed by atoms with Crippen molar-refractivity contribution in [1.29, 1.82) is 0 Å². The van der Waals surface area contributed by atoms with Crippen LogP contribution in [0.25, 0.3) is 0 Å². The van der Waals surface area contributed by atoms with E-state index in [0.29, 0.717) is 0 Å². The summed E-state index contributed by atoms with van der Waals surface area (Å²) >= 11 is 0. The van der Waals surface area contributed by atoms with Crippen LogP contribution in [0.3, 0.4) is 0 Å². The van der Waals surface area contributed by atoms with Gasteiger partial charge < -0.3 is 15.2 Å². The fourth-order valence-corrected chi connectivity index (χ4v) is 1.72. The van der Waals surface area contributed by atoms with Crippen LogP contribution in [0.4, 0.5) is 0 Å². The molecule has 0 aliphatic carbocycles. The summed E-state index contributed by atoms with van der Waals surface area (Å²) < 4.78 is 5.54. The SMILES string of the molecule is C#CCC(NC(=O)CCOc1cccc(C)c1C)C(=O)O. The second-order valence-corrected chi connectivity index (χ2v) is 4.66. The summed E-state index contributed by atoms with van der Waals surface area (Å²) in [6, 6.07) is 4.64. The number of terminal acetylenes is 1. The molecule has 1 aromatic rings. The summed E-state index contributed by atoms with van der Waals surface area (Å²) in [5, 5.41) is 11.3. The second-order valence-electron chi connectivity index (χ2n) is 4.66. The van der Waals surface area contributed by atoms with E-state index >= 15 is 0 Å². The number of ether oxygens (including phenoxy) is 1. The van der Waals surface area contributed by atoms with E-state index in [1.165, 1.54) is 0 Å². The molecule has 1 unspecified atom stereocenters. The van der Waals surface area contributed by atoms with Crippen LogP contribution < -0.4 is 10.1 Å². The standard InChI is InChI=1S/C16H19NO4/c1-4-6-13(16(19)20)17-15(18)9-10-21-14-8-5-7-11(2)12(14)3/h1,5,7-8,13H,6,9-10H2,2-3H3,(H,17,18)(H,19,20). The first-order valence-electron chi connectivity index (χ1n) is 6.60. The minimum absolute atomic E-state index is 0.0427. The van der Waals surface area contributed by atoms with E-state index in [-0.39, 0.29) is 19.4 Å². The molecule has 5 nitrogen and oxygen atoms in total. The van der Waals surface area contributed by atoms with Crippen molar-refractivity contribution in [2.75, 3.05) is 6.61 Å². The molecule has 0 aromatic heterocycles. The number of nitrogens with one attached hydrogen (secondary N) is 1. The zero-order chi connectivity index (χ0) is 15.8. The van der Waals surface area contributed by atoms with E-state index in [4.69, 9.17) is 16.3 Å². The van der Waals surface area contributed by atoms with Gasteiger partial charge in [-0.1, -0.05) is 12.1 Å². The number of aryl methyl sites for hydroxylation is 1. The number of carbonyl (C=O) groups excluding carboxylic acids is 1. The van der Waals surface area contributed by atoms with E-state index in [0.717, 1.165) is 16.9 Å². The molecule has 0 spiro atoms. The Hall–Kier alpha value is -2.48. The third-order valence-electron chi connectivity index (χ3n) is 3.10. The minimum Gasteiger partial charge on any atom is -0.493 e. The zero-order valence-corrected chi connectivity index (χ0v) is 12.2. The molecule has 0 fully saturated rings. The largest absolute Gasteiger partial charge is 0.493 e. The molecule has 0 radical (unpaired) electrons. The number of hydrogen-bond donors (Lipinski definition) is 2. The molecule has 1 rings (SSSR count). The lowest BCUT2D eigenvalue weighted by Gasteiger charge is -2.13. The van der Waals surface area contributed by atoms with E-state index in [1.54, 1.807) is 0 Å². The smallest absolute Gasteiger partial charge is 0.327 e. The molecule has 0 saturated heterocycles. The van der Waals surface area contributed by atoms with Crippen molar-refractivity contribution in [2.24, 2.45) is 0 Å². The quantitative estimate of drug-likeness (QED) is 0.749. The third-order valence-corrected chi connectivity index (χ3v) is 3.10. The van der Waals surface area contributed by atoms with Crippen molar-refractivity contribution >= 4 is 11.9 Å². The van der Waals surface area contributed by atoms with Crippen molar-refractivity contribution < 1.29 is 19.4 Å². The Balaban J connectivity index is 2.45. The van der Waals surface area contributed by atoms with Gasteiger partial charge in [0.15, 0.2) is 0 Å². The van der Waals surface area contributed by atoms with Gasteiger partial charge in [0.25, 0.3) is 0 Å². The number of carboxylic acid groups (broad SMARTS) is 1. The van der Waals surface area contributed by atoms with E-state index in [9.17, 15) is 9.59 Å². The highest BCUT2D eigenvalue weighted by Gasteiger charge is 2.18. The monoisotopic (exact) mass is 289 g/mol. The summed E-state index contributed by atoms with van der Waals surface area (Å²) in [5.74, 6) is 1.40. The molecule has 112 valence electrons. The lowest BCUT2D eigenvalue weighted by Crippen LogP contribution is -2.40. The molecule has 21 heavy (non-hydrogen) atoms. The molecule has 1 atom stereocenters. The molecule has 1 amide bonds. The first-order chi connectivity index (χ1) is 9.95. The van der Waals surface area contributed by atoms with Crippen LogP contribution in [-0.4, -0.2) is 29.6 Å². The van der Waals surface area contributed by atoms with Gasteiger partial charge in [-0.3, -0.25) is 4.79 Å². The topological polar surface area (TPSA) is 75.6 Å². The summed E-state index contributed by atoms with van der Waals surface area (Å²) in [6.07, 6.45) is 5.09.